The van der Waals surface area contributed by atoms with Crippen LogP contribution in [0, 0.1) is 0 Å². The van der Waals surface area contributed by atoms with Crippen molar-refractivity contribution < 1.29 is 0 Å². The molecular formula is C11H10Cl3N3. The quantitative estimate of drug-likeness (QED) is 0.802. The highest BCUT2D eigenvalue weighted by Crippen LogP contribution is 2.22. The summed E-state index contributed by atoms with van der Waals surface area (Å²) >= 11 is 17.8. The lowest BCUT2D eigenvalue weighted by atomic mass is 10.2. The Kier molecular flexibility index (Phi) is 3.92. The third-order valence-electron chi connectivity index (χ3n) is 2.31. The fourth-order valence-corrected chi connectivity index (χ4v) is 1.97. The summed E-state index contributed by atoms with van der Waals surface area (Å²) in [6, 6.07) is 5.38. The van der Waals surface area contributed by atoms with E-state index >= 15 is 0 Å². The molecule has 90 valence electrons. The topological polar surface area (TPSA) is 30.7 Å². The Balaban J connectivity index is 2.19. The van der Waals surface area contributed by atoms with E-state index < -0.39 is 0 Å². The number of aromatic nitrogens is 3. The van der Waals surface area contributed by atoms with Gasteiger partial charge in [0.25, 0.3) is 0 Å². The van der Waals surface area contributed by atoms with Crippen LogP contribution in [0.2, 0.25) is 10.0 Å². The maximum atomic E-state index is 6.08. The minimum atomic E-state index is -0.149. The highest BCUT2D eigenvalue weighted by molar-refractivity contribution is 6.35. The molecule has 3 nitrogen and oxygen atoms in total. The normalized spacial score (nSPS) is 12.7. The minimum absolute atomic E-state index is 0.149. The molecule has 0 radical (unpaired) electrons. The second-order valence-electron chi connectivity index (χ2n) is 3.69. The van der Waals surface area contributed by atoms with Crippen LogP contribution in [0.5, 0.6) is 0 Å². The van der Waals surface area contributed by atoms with Gasteiger partial charge in [0.05, 0.1) is 18.1 Å². The molecule has 1 heterocycles. The Hall–Kier alpha value is -0.770. The van der Waals surface area contributed by atoms with Crippen LogP contribution in [0.15, 0.2) is 24.4 Å². The summed E-state index contributed by atoms with van der Waals surface area (Å²) in [6.07, 6.45) is 1.81. The van der Waals surface area contributed by atoms with E-state index in [0.717, 1.165) is 11.3 Å². The average molecular weight is 291 g/mol. The van der Waals surface area contributed by atoms with E-state index in [9.17, 15) is 0 Å². The summed E-state index contributed by atoms with van der Waals surface area (Å²) in [4.78, 5) is 0. The number of hydrogen-bond acceptors (Lipinski definition) is 2. The molecule has 0 fully saturated rings. The predicted octanol–water partition coefficient (Wildman–Crippen LogP) is 3.93. The Morgan fingerprint density at radius 3 is 2.71 bits per heavy atom. The minimum Gasteiger partial charge on any atom is -0.248 e. The van der Waals surface area contributed by atoms with Crippen LogP contribution in [0.4, 0.5) is 0 Å². The lowest BCUT2D eigenvalue weighted by molar-refractivity contribution is 0.649. The Labute approximate surface area is 114 Å². The molecule has 0 bridgehead atoms. The van der Waals surface area contributed by atoms with E-state index in [1.807, 2.05) is 19.2 Å². The van der Waals surface area contributed by atoms with Crippen molar-refractivity contribution in [3.63, 3.8) is 0 Å². The van der Waals surface area contributed by atoms with Crippen molar-refractivity contribution in [2.24, 2.45) is 0 Å². The maximum Gasteiger partial charge on any atom is 0.100 e. The van der Waals surface area contributed by atoms with Crippen molar-refractivity contribution in [3.05, 3.63) is 45.7 Å². The molecule has 0 aliphatic rings. The molecule has 1 aromatic heterocycles. The fourth-order valence-electron chi connectivity index (χ4n) is 1.40. The van der Waals surface area contributed by atoms with E-state index in [-0.39, 0.29) is 5.38 Å². The average Bonchev–Trinajstić information content (AvgIpc) is 2.71. The molecule has 0 aliphatic carbocycles. The highest BCUT2D eigenvalue weighted by atomic mass is 35.5. The number of hydrogen-bond donors (Lipinski definition) is 0. The molecule has 17 heavy (non-hydrogen) atoms. The van der Waals surface area contributed by atoms with E-state index in [1.165, 1.54) is 0 Å². The molecular weight excluding hydrogens is 281 g/mol. The Bertz CT molecular complexity index is 522. The summed E-state index contributed by atoms with van der Waals surface area (Å²) in [5, 5.41) is 9.05. The summed E-state index contributed by atoms with van der Waals surface area (Å²) < 4.78 is 1.70. The van der Waals surface area contributed by atoms with Gasteiger partial charge in [0.2, 0.25) is 0 Å². The van der Waals surface area contributed by atoms with E-state index in [2.05, 4.69) is 10.3 Å². The molecule has 0 amide bonds. The Morgan fingerprint density at radius 2 is 2.12 bits per heavy atom. The van der Waals surface area contributed by atoms with Gasteiger partial charge in [0.15, 0.2) is 0 Å². The monoisotopic (exact) mass is 289 g/mol. The van der Waals surface area contributed by atoms with Crippen LogP contribution >= 0.6 is 34.8 Å². The van der Waals surface area contributed by atoms with Crippen LogP contribution in [-0.2, 0) is 6.54 Å². The van der Waals surface area contributed by atoms with Crippen molar-refractivity contribution >= 4 is 34.8 Å². The molecule has 0 saturated carbocycles. The largest absolute Gasteiger partial charge is 0.248 e. The van der Waals surface area contributed by atoms with Crippen LogP contribution in [0.1, 0.15) is 23.6 Å². The van der Waals surface area contributed by atoms with Gasteiger partial charge in [-0.3, -0.25) is 0 Å². The van der Waals surface area contributed by atoms with Gasteiger partial charge in [0, 0.05) is 10.0 Å². The van der Waals surface area contributed by atoms with Gasteiger partial charge in [-0.05, 0) is 24.6 Å². The first-order valence-electron chi connectivity index (χ1n) is 5.04. The fraction of sp³-hybridized carbons (Fsp3) is 0.273. The second kappa shape index (κ2) is 5.25. The zero-order valence-electron chi connectivity index (χ0n) is 9.07. The smallest absolute Gasteiger partial charge is 0.100 e. The maximum absolute atomic E-state index is 6.08. The summed E-state index contributed by atoms with van der Waals surface area (Å²) in [6.45, 7) is 2.40. The van der Waals surface area contributed by atoms with E-state index in [1.54, 1.807) is 16.8 Å². The van der Waals surface area contributed by atoms with Gasteiger partial charge in [-0.2, -0.15) is 0 Å². The number of alkyl halides is 1. The van der Waals surface area contributed by atoms with Gasteiger partial charge >= 0.3 is 0 Å². The van der Waals surface area contributed by atoms with Gasteiger partial charge in [-0.1, -0.05) is 34.5 Å². The third-order valence-corrected chi connectivity index (χ3v) is 3.12. The van der Waals surface area contributed by atoms with Crippen molar-refractivity contribution in [1.29, 1.82) is 0 Å². The number of rotatable bonds is 3. The third kappa shape index (κ3) is 3.12. The first-order valence-corrected chi connectivity index (χ1v) is 6.23. The molecule has 1 aromatic carbocycles. The molecule has 1 unspecified atom stereocenters. The molecule has 0 aliphatic heterocycles. The zero-order valence-corrected chi connectivity index (χ0v) is 11.3. The van der Waals surface area contributed by atoms with Gasteiger partial charge in [0.1, 0.15) is 5.69 Å². The van der Waals surface area contributed by atoms with Gasteiger partial charge in [-0.25, -0.2) is 4.68 Å². The summed E-state index contributed by atoms with van der Waals surface area (Å²) in [5.74, 6) is 0. The number of benzene rings is 1. The standard InChI is InChI=1S/C11H10Cl3N3/c1-7(12)11-6-17(16-15-11)5-8-2-3-9(13)4-10(8)14/h2-4,6-7H,5H2,1H3. The number of halogens is 3. The molecule has 0 spiro atoms. The van der Waals surface area contributed by atoms with Gasteiger partial charge < -0.3 is 0 Å². The molecule has 1 atom stereocenters. The molecule has 0 N–H and O–H groups in total. The lowest BCUT2D eigenvalue weighted by Crippen LogP contribution is -2.01. The zero-order chi connectivity index (χ0) is 12.4. The predicted molar refractivity (Wildman–Crippen MR) is 69.9 cm³/mol. The van der Waals surface area contributed by atoms with Crippen molar-refractivity contribution in [2.45, 2.75) is 18.8 Å². The second-order valence-corrected chi connectivity index (χ2v) is 5.19. The number of nitrogens with zero attached hydrogens (tertiary/aromatic N) is 3. The first kappa shape index (κ1) is 12.7. The van der Waals surface area contributed by atoms with Crippen molar-refractivity contribution in [1.82, 2.24) is 15.0 Å². The highest BCUT2D eigenvalue weighted by Gasteiger charge is 2.08. The van der Waals surface area contributed by atoms with E-state index in [4.69, 9.17) is 34.8 Å². The first-order chi connectivity index (χ1) is 8.06. The van der Waals surface area contributed by atoms with Crippen molar-refractivity contribution in [3.8, 4) is 0 Å². The van der Waals surface area contributed by atoms with E-state index in [0.29, 0.717) is 16.6 Å². The van der Waals surface area contributed by atoms with Crippen LogP contribution in [0.3, 0.4) is 0 Å². The van der Waals surface area contributed by atoms with Crippen molar-refractivity contribution in [2.75, 3.05) is 0 Å². The molecule has 6 heteroatoms. The summed E-state index contributed by atoms with van der Waals surface area (Å²) in [7, 11) is 0. The summed E-state index contributed by atoms with van der Waals surface area (Å²) in [5.41, 5.74) is 1.69. The molecule has 2 rings (SSSR count). The Morgan fingerprint density at radius 1 is 1.35 bits per heavy atom. The van der Waals surface area contributed by atoms with Crippen LogP contribution in [0.25, 0.3) is 0 Å². The van der Waals surface area contributed by atoms with Gasteiger partial charge in [-0.15, -0.1) is 16.7 Å². The molecule has 2 aromatic rings. The van der Waals surface area contributed by atoms with Crippen LogP contribution < -0.4 is 0 Å². The SMILES string of the molecule is CC(Cl)c1cn(Cc2ccc(Cl)cc2Cl)nn1. The van der Waals surface area contributed by atoms with Crippen LogP contribution in [-0.4, -0.2) is 15.0 Å². The lowest BCUT2D eigenvalue weighted by Gasteiger charge is -2.04. The molecule has 0 saturated heterocycles.